The molecule has 0 fully saturated rings. The largest absolute Gasteiger partial charge is 0.452 e. The van der Waals surface area contributed by atoms with Crippen LogP contribution in [-0.2, 0) is 4.74 Å². The lowest BCUT2D eigenvalue weighted by atomic mass is 10.3. The molecule has 6 heteroatoms. The van der Waals surface area contributed by atoms with E-state index in [1.54, 1.807) is 0 Å². The molecule has 1 heterocycles. The Morgan fingerprint density at radius 3 is 2.94 bits per heavy atom. The van der Waals surface area contributed by atoms with E-state index in [9.17, 15) is 4.79 Å². The predicted octanol–water partition coefficient (Wildman–Crippen LogP) is 3.19. The average molecular weight is 265 g/mol. The highest BCUT2D eigenvalue weighted by atomic mass is 32.2. The molecule has 1 N–H and O–H groups in total. The topological polar surface area (TPSA) is 58.2 Å². The molecule has 18 heavy (non-hydrogen) atoms. The van der Waals surface area contributed by atoms with Crippen LogP contribution in [-0.4, -0.2) is 28.9 Å². The number of carbonyl (C=O) groups excluding carboxylic acids is 1. The molecule has 2 aromatic rings. The highest BCUT2D eigenvalue weighted by Crippen LogP contribution is 2.24. The monoisotopic (exact) mass is 265 g/mol. The smallest absolute Gasteiger partial charge is 0.426 e. The molecule has 1 amide bonds. The lowest BCUT2D eigenvalue weighted by molar-refractivity contribution is 0.183. The molecule has 0 aliphatic rings. The molecule has 2 rings (SSSR count). The van der Waals surface area contributed by atoms with Crippen molar-refractivity contribution in [3.63, 3.8) is 0 Å². The summed E-state index contributed by atoms with van der Waals surface area (Å²) in [6, 6.07) is 7.65. The molecular weight excluding hydrogens is 250 g/mol. The molecule has 0 unspecified atom stereocenters. The van der Waals surface area contributed by atoms with Crippen LogP contribution in [0.1, 0.15) is 13.3 Å². The van der Waals surface area contributed by atoms with Gasteiger partial charge in [-0.05, 0) is 30.5 Å². The number of methoxy groups -OCH3 is 1. The Morgan fingerprint density at radius 1 is 1.50 bits per heavy atom. The average Bonchev–Trinajstić information content (AvgIpc) is 2.82. The summed E-state index contributed by atoms with van der Waals surface area (Å²) in [5.74, 6) is 1.33. The Balaban J connectivity index is 2.31. The summed E-state index contributed by atoms with van der Waals surface area (Å²) in [4.78, 5) is 19.2. The molecule has 0 spiro atoms. The van der Waals surface area contributed by atoms with Gasteiger partial charge in [0.2, 0.25) is 5.95 Å². The number of aromatic nitrogens is 2. The van der Waals surface area contributed by atoms with E-state index in [-0.39, 0.29) is 0 Å². The van der Waals surface area contributed by atoms with Crippen molar-refractivity contribution in [2.24, 2.45) is 0 Å². The van der Waals surface area contributed by atoms with E-state index in [1.807, 2.05) is 24.3 Å². The van der Waals surface area contributed by atoms with Gasteiger partial charge in [-0.25, -0.2) is 9.78 Å². The van der Waals surface area contributed by atoms with Gasteiger partial charge in [-0.1, -0.05) is 19.1 Å². The zero-order valence-electron chi connectivity index (χ0n) is 10.3. The van der Waals surface area contributed by atoms with Crippen molar-refractivity contribution >= 4 is 35.0 Å². The summed E-state index contributed by atoms with van der Waals surface area (Å²) >= 11 is 1.39. The first-order valence-corrected chi connectivity index (χ1v) is 6.66. The molecule has 0 atom stereocenters. The van der Waals surface area contributed by atoms with Crippen LogP contribution in [0.5, 0.6) is 0 Å². The van der Waals surface area contributed by atoms with Crippen LogP contribution in [0.2, 0.25) is 0 Å². The molecule has 96 valence electrons. The van der Waals surface area contributed by atoms with Crippen molar-refractivity contribution < 1.29 is 9.53 Å². The summed E-state index contributed by atoms with van der Waals surface area (Å²) in [6.45, 7) is 2.06. The minimum atomic E-state index is -0.424. The zero-order chi connectivity index (χ0) is 13.0. The van der Waals surface area contributed by atoms with Crippen molar-refractivity contribution in [2.75, 3.05) is 17.2 Å². The molecule has 5 nitrogen and oxygen atoms in total. The molecular formula is C12H15N3O2S. The van der Waals surface area contributed by atoms with Crippen LogP contribution in [0.3, 0.4) is 0 Å². The van der Waals surface area contributed by atoms with Gasteiger partial charge in [-0.2, -0.15) is 4.31 Å². The standard InChI is InChI=1S/C12H15N3O2S/c1-3-8-18-15(12(16)17-2)11-13-9-6-4-5-7-10(9)14-11/h4-7H,3,8H2,1-2H3,(H,13,14). The van der Waals surface area contributed by atoms with Gasteiger partial charge in [0.1, 0.15) is 0 Å². The Hall–Kier alpha value is -1.69. The van der Waals surface area contributed by atoms with Crippen molar-refractivity contribution in [1.82, 2.24) is 9.97 Å². The molecule has 0 aliphatic carbocycles. The number of benzene rings is 1. The third-order valence-electron chi connectivity index (χ3n) is 2.33. The van der Waals surface area contributed by atoms with Crippen LogP contribution in [0.15, 0.2) is 24.3 Å². The van der Waals surface area contributed by atoms with Gasteiger partial charge in [0.05, 0.1) is 18.1 Å². The van der Waals surface area contributed by atoms with Crippen molar-refractivity contribution in [3.05, 3.63) is 24.3 Å². The fourth-order valence-electron chi connectivity index (χ4n) is 1.50. The second-order valence-corrected chi connectivity index (χ2v) is 4.71. The number of H-pyrrole nitrogens is 1. The summed E-state index contributed by atoms with van der Waals surface area (Å²) in [6.07, 6.45) is 0.547. The van der Waals surface area contributed by atoms with Crippen LogP contribution in [0.25, 0.3) is 11.0 Å². The summed E-state index contributed by atoms with van der Waals surface area (Å²) in [7, 11) is 1.37. The van der Waals surface area contributed by atoms with E-state index >= 15 is 0 Å². The quantitative estimate of drug-likeness (QED) is 0.862. The van der Waals surface area contributed by atoms with Gasteiger partial charge >= 0.3 is 6.09 Å². The van der Waals surface area contributed by atoms with Crippen molar-refractivity contribution in [2.45, 2.75) is 13.3 Å². The first-order chi connectivity index (χ1) is 8.76. The van der Waals surface area contributed by atoms with E-state index < -0.39 is 6.09 Å². The Morgan fingerprint density at radius 2 is 2.28 bits per heavy atom. The summed E-state index contributed by atoms with van der Waals surface area (Å²) < 4.78 is 6.21. The number of ether oxygens (including phenoxy) is 1. The van der Waals surface area contributed by atoms with Crippen LogP contribution in [0, 0.1) is 0 Å². The first-order valence-electron chi connectivity index (χ1n) is 5.72. The summed E-state index contributed by atoms with van der Waals surface area (Å²) in [5.41, 5.74) is 1.73. The normalized spacial score (nSPS) is 10.6. The molecule has 1 aromatic carbocycles. The van der Waals surface area contributed by atoms with Crippen molar-refractivity contribution in [3.8, 4) is 0 Å². The van der Waals surface area contributed by atoms with E-state index in [0.717, 1.165) is 23.2 Å². The Labute approximate surface area is 110 Å². The SMILES string of the molecule is CCCSN(C(=O)OC)c1nc2ccccc2[nH]1. The van der Waals surface area contributed by atoms with Crippen LogP contribution in [0.4, 0.5) is 10.7 Å². The van der Waals surface area contributed by atoms with Gasteiger partial charge in [0.25, 0.3) is 0 Å². The highest BCUT2D eigenvalue weighted by molar-refractivity contribution is 8.01. The minimum absolute atomic E-state index is 0.424. The lowest BCUT2D eigenvalue weighted by Gasteiger charge is -2.15. The molecule has 1 aromatic heterocycles. The number of aromatic amines is 1. The maximum atomic E-state index is 11.7. The molecule has 0 saturated carbocycles. The molecule has 0 radical (unpaired) electrons. The first kappa shape index (κ1) is 12.8. The lowest BCUT2D eigenvalue weighted by Crippen LogP contribution is -2.25. The number of hydrogen-bond donors (Lipinski definition) is 1. The summed E-state index contributed by atoms with van der Waals surface area (Å²) in [5, 5.41) is 0. The van der Waals surface area contributed by atoms with Crippen LogP contribution < -0.4 is 4.31 Å². The number of anilines is 1. The van der Waals surface area contributed by atoms with Crippen LogP contribution >= 0.6 is 11.9 Å². The van der Waals surface area contributed by atoms with E-state index in [4.69, 9.17) is 4.74 Å². The Kier molecular flexibility index (Phi) is 4.09. The zero-order valence-corrected chi connectivity index (χ0v) is 11.2. The number of imidazole rings is 1. The second kappa shape index (κ2) is 5.77. The Bertz CT molecular complexity index is 508. The predicted molar refractivity (Wildman–Crippen MR) is 73.7 cm³/mol. The number of nitrogens with zero attached hydrogens (tertiary/aromatic N) is 2. The molecule has 0 saturated heterocycles. The fourth-order valence-corrected chi connectivity index (χ4v) is 2.26. The van der Waals surface area contributed by atoms with Gasteiger partial charge in [0, 0.05) is 5.75 Å². The number of fused-ring (bicyclic) bond motifs is 1. The maximum Gasteiger partial charge on any atom is 0.426 e. The third-order valence-corrected chi connectivity index (χ3v) is 3.51. The highest BCUT2D eigenvalue weighted by Gasteiger charge is 2.20. The fraction of sp³-hybridized carbons (Fsp3) is 0.333. The number of para-hydroxylation sites is 2. The van der Waals surface area contributed by atoms with E-state index in [2.05, 4.69) is 16.9 Å². The number of rotatable bonds is 4. The van der Waals surface area contributed by atoms with Gasteiger partial charge < -0.3 is 9.72 Å². The number of amides is 1. The third kappa shape index (κ3) is 2.59. The number of hydrogen-bond acceptors (Lipinski definition) is 4. The second-order valence-electron chi connectivity index (χ2n) is 3.68. The van der Waals surface area contributed by atoms with E-state index in [0.29, 0.717) is 5.95 Å². The maximum absolute atomic E-state index is 11.7. The van der Waals surface area contributed by atoms with Gasteiger partial charge in [-0.15, -0.1) is 0 Å². The molecule has 0 bridgehead atoms. The minimum Gasteiger partial charge on any atom is -0.452 e. The number of carbonyl (C=O) groups is 1. The van der Waals surface area contributed by atoms with Gasteiger partial charge in [-0.3, -0.25) is 0 Å². The van der Waals surface area contributed by atoms with Crippen molar-refractivity contribution in [1.29, 1.82) is 0 Å². The van der Waals surface area contributed by atoms with Gasteiger partial charge in [0.15, 0.2) is 0 Å². The molecule has 0 aliphatic heterocycles. The van der Waals surface area contributed by atoms with E-state index in [1.165, 1.54) is 23.4 Å². The number of nitrogens with one attached hydrogen (secondary N) is 1.